The minimum Gasteiger partial charge on any atom is -0.392 e. The van der Waals surface area contributed by atoms with Crippen molar-refractivity contribution in [3.05, 3.63) is 0 Å². The van der Waals surface area contributed by atoms with Crippen LogP contribution >= 0.6 is 0 Å². The molecule has 2 atom stereocenters. The Morgan fingerprint density at radius 1 is 1.13 bits per heavy atom. The fourth-order valence-electron chi connectivity index (χ4n) is 2.89. The molecule has 2 heteroatoms. The van der Waals surface area contributed by atoms with E-state index < -0.39 is 0 Å². The molecule has 88 valence electrons. The Balaban J connectivity index is 1.74. The molecule has 0 amide bonds. The third-order valence-electron chi connectivity index (χ3n) is 4.42. The smallest absolute Gasteiger partial charge is 0.0695 e. The summed E-state index contributed by atoms with van der Waals surface area (Å²) in [5, 5.41) is 10.1. The summed E-state index contributed by atoms with van der Waals surface area (Å²) in [6.45, 7) is 3.18. The summed E-state index contributed by atoms with van der Waals surface area (Å²) in [6, 6.07) is 0.668. The van der Waals surface area contributed by atoms with Gasteiger partial charge in [0, 0.05) is 12.6 Å². The second-order valence-electron chi connectivity index (χ2n) is 5.63. The van der Waals surface area contributed by atoms with Crippen molar-refractivity contribution >= 4 is 0 Å². The molecule has 2 aliphatic rings. The number of hydrogen-bond donors (Lipinski definition) is 1. The summed E-state index contributed by atoms with van der Waals surface area (Å²) in [5.41, 5.74) is 0. The Hall–Kier alpha value is -0.0800. The van der Waals surface area contributed by atoms with Crippen LogP contribution in [0.4, 0.5) is 0 Å². The van der Waals surface area contributed by atoms with Gasteiger partial charge >= 0.3 is 0 Å². The summed E-state index contributed by atoms with van der Waals surface area (Å²) >= 11 is 0. The number of hydrogen-bond acceptors (Lipinski definition) is 2. The van der Waals surface area contributed by atoms with E-state index in [1.807, 2.05) is 0 Å². The minimum absolute atomic E-state index is 0.0845. The van der Waals surface area contributed by atoms with Gasteiger partial charge in [0.25, 0.3) is 0 Å². The van der Waals surface area contributed by atoms with E-state index >= 15 is 0 Å². The molecule has 0 aromatic rings. The van der Waals surface area contributed by atoms with Gasteiger partial charge in [-0.05, 0) is 51.5 Å². The largest absolute Gasteiger partial charge is 0.392 e. The van der Waals surface area contributed by atoms with E-state index in [2.05, 4.69) is 18.9 Å². The summed E-state index contributed by atoms with van der Waals surface area (Å²) in [4.78, 5) is 2.36. The second-order valence-corrected chi connectivity index (χ2v) is 5.63. The number of aliphatic hydroxyl groups is 1. The number of nitrogens with zero attached hydrogens (tertiary/aromatic N) is 1. The first kappa shape index (κ1) is 11.4. The van der Waals surface area contributed by atoms with Gasteiger partial charge in [0.2, 0.25) is 0 Å². The summed E-state index contributed by atoms with van der Waals surface area (Å²) in [5.74, 6) is 1.49. The van der Waals surface area contributed by atoms with Crippen LogP contribution in [0.15, 0.2) is 0 Å². The van der Waals surface area contributed by atoms with Gasteiger partial charge < -0.3 is 10.0 Å². The third-order valence-corrected chi connectivity index (χ3v) is 4.42. The van der Waals surface area contributed by atoms with Crippen LogP contribution in [-0.2, 0) is 0 Å². The van der Waals surface area contributed by atoms with Crippen LogP contribution < -0.4 is 0 Å². The van der Waals surface area contributed by atoms with Crippen molar-refractivity contribution in [3.63, 3.8) is 0 Å². The van der Waals surface area contributed by atoms with Crippen molar-refractivity contribution in [1.29, 1.82) is 0 Å². The molecule has 0 radical (unpaired) electrons. The Morgan fingerprint density at radius 3 is 2.27 bits per heavy atom. The third kappa shape index (κ3) is 2.94. The molecule has 2 saturated carbocycles. The van der Waals surface area contributed by atoms with Crippen molar-refractivity contribution in [2.24, 2.45) is 11.8 Å². The van der Waals surface area contributed by atoms with E-state index in [4.69, 9.17) is 0 Å². The summed E-state index contributed by atoms with van der Waals surface area (Å²) in [6.07, 6.45) is 7.84. The van der Waals surface area contributed by atoms with Crippen molar-refractivity contribution in [3.8, 4) is 0 Å². The first-order chi connectivity index (χ1) is 7.18. The Morgan fingerprint density at radius 2 is 1.73 bits per heavy atom. The molecule has 0 saturated heterocycles. The molecule has 2 fully saturated rings. The first-order valence-electron chi connectivity index (χ1n) is 6.57. The van der Waals surface area contributed by atoms with Gasteiger partial charge in [0.05, 0.1) is 6.10 Å². The van der Waals surface area contributed by atoms with Gasteiger partial charge in [-0.25, -0.2) is 0 Å². The van der Waals surface area contributed by atoms with E-state index in [1.165, 1.54) is 38.5 Å². The molecule has 2 unspecified atom stereocenters. The summed E-state index contributed by atoms with van der Waals surface area (Å²) < 4.78 is 0. The highest BCUT2D eigenvalue weighted by Crippen LogP contribution is 2.35. The van der Waals surface area contributed by atoms with Gasteiger partial charge in [-0.15, -0.1) is 0 Å². The molecule has 0 aliphatic heterocycles. The van der Waals surface area contributed by atoms with Gasteiger partial charge in [-0.1, -0.05) is 12.8 Å². The predicted molar refractivity (Wildman–Crippen MR) is 62.8 cm³/mol. The van der Waals surface area contributed by atoms with Crippen LogP contribution in [-0.4, -0.2) is 35.7 Å². The standard InChI is InChI=1S/C13H25NO/c1-10(11-7-8-11)14(2)9-13(15)12-5-3-4-6-12/h10-13,15H,3-9H2,1-2H3. The van der Waals surface area contributed by atoms with Crippen molar-refractivity contribution < 1.29 is 5.11 Å². The average molecular weight is 211 g/mol. The SMILES string of the molecule is CC(C1CC1)N(C)CC(O)C1CCCC1. The predicted octanol–water partition coefficient (Wildman–Crippen LogP) is 2.27. The number of rotatable bonds is 5. The molecule has 2 rings (SSSR count). The van der Waals surface area contributed by atoms with Crippen LogP contribution in [0.25, 0.3) is 0 Å². The van der Waals surface area contributed by atoms with E-state index in [0.717, 1.165) is 12.5 Å². The molecular weight excluding hydrogens is 186 g/mol. The zero-order valence-corrected chi connectivity index (χ0v) is 10.2. The molecule has 15 heavy (non-hydrogen) atoms. The highest BCUT2D eigenvalue weighted by molar-refractivity contribution is 4.86. The molecule has 0 spiro atoms. The average Bonchev–Trinajstić information content (AvgIpc) is 2.91. The fraction of sp³-hybridized carbons (Fsp3) is 1.00. The lowest BCUT2D eigenvalue weighted by atomic mass is 10.00. The van der Waals surface area contributed by atoms with E-state index in [-0.39, 0.29) is 6.10 Å². The second kappa shape index (κ2) is 4.84. The lowest BCUT2D eigenvalue weighted by molar-refractivity contribution is 0.0592. The lowest BCUT2D eigenvalue weighted by Gasteiger charge is -2.29. The van der Waals surface area contributed by atoms with Crippen molar-refractivity contribution in [2.75, 3.05) is 13.6 Å². The number of aliphatic hydroxyl groups excluding tert-OH is 1. The minimum atomic E-state index is -0.0845. The van der Waals surface area contributed by atoms with Gasteiger partial charge in [-0.3, -0.25) is 0 Å². The van der Waals surface area contributed by atoms with E-state index in [9.17, 15) is 5.11 Å². The monoisotopic (exact) mass is 211 g/mol. The molecule has 2 aliphatic carbocycles. The molecule has 2 nitrogen and oxygen atoms in total. The summed E-state index contributed by atoms with van der Waals surface area (Å²) in [7, 11) is 2.17. The molecule has 0 aromatic carbocycles. The normalized spacial score (nSPS) is 27.2. The van der Waals surface area contributed by atoms with E-state index in [0.29, 0.717) is 12.0 Å². The first-order valence-corrected chi connectivity index (χ1v) is 6.57. The topological polar surface area (TPSA) is 23.5 Å². The van der Waals surface area contributed by atoms with Gasteiger partial charge in [0.1, 0.15) is 0 Å². The zero-order valence-electron chi connectivity index (χ0n) is 10.2. The molecule has 0 aromatic heterocycles. The van der Waals surface area contributed by atoms with Crippen molar-refractivity contribution in [2.45, 2.75) is 57.6 Å². The van der Waals surface area contributed by atoms with Crippen LogP contribution in [0.1, 0.15) is 45.4 Å². The number of likely N-dealkylation sites (N-methyl/N-ethyl adjacent to an activating group) is 1. The van der Waals surface area contributed by atoms with E-state index in [1.54, 1.807) is 0 Å². The molecular formula is C13H25NO. The Kier molecular flexibility index (Phi) is 3.68. The van der Waals surface area contributed by atoms with Crippen LogP contribution in [0.5, 0.6) is 0 Å². The Labute approximate surface area is 93.7 Å². The van der Waals surface area contributed by atoms with Crippen LogP contribution in [0.2, 0.25) is 0 Å². The molecule has 0 heterocycles. The van der Waals surface area contributed by atoms with Crippen LogP contribution in [0, 0.1) is 11.8 Å². The lowest BCUT2D eigenvalue weighted by Crippen LogP contribution is -2.39. The quantitative estimate of drug-likeness (QED) is 0.754. The Bertz CT molecular complexity index is 191. The van der Waals surface area contributed by atoms with Gasteiger partial charge in [-0.2, -0.15) is 0 Å². The maximum Gasteiger partial charge on any atom is 0.0695 e. The fourth-order valence-corrected chi connectivity index (χ4v) is 2.89. The van der Waals surface area contributed by atoms with Gasteiger partial charge in [0.15, 0.2) is 0 Å². The zero-order chi connectivity index (χ0) is 10.8. The molecule has 1 N–H and O–H groups in total. The molecule has 0 bridgehead atoms. The van der Waals surface area contributed by atoms with Crippen molar-refractivity contribution in [1.82, 2.24) is 4.90 Å². The van der Waals surface area contributed by atoms with Crippen LogP contribution in [0.3, 0.4) is 0 Å². The maximum atomic E-state index is 10.1. The highest BCUT2D eigenvalue weighted by atomic mass is 16.3. The maximum absolute atomic E-state index is 10.1. The highest BCUT2D eigenvalue weighted by Gasteiger charge is 2.32.